The molecule has 0 bridgehead atoms. The van der Waals surface area contributed by atoms with E-state index in [1.165, 1.54) is 5.56 Å². The molecule has 0 unspecified atom stereocenters. The lowest BCUT2D eigenvalue weighted by Gasteiger charge is -2.36. The largest absolute Gasteiger partial charge is 0.343 e. The molecule has 2 N–H and O–H groups in total. The van der Waals surface area contributed by atoms with Crippen LogP contribution in [0, 0.1) is 0 Å². The van der Waals surface area contributed by atoms with Gasteiger partial charge in [-0.3, -0.25) is 0 Å². The molecule has 3 aromatic rings. The van der Waals surface area contributed by atoms with Crippen LogP contribution in [0.2, 0.25) is 0 Å². The molecule has 0 fully saturated rings. The third kappa shape index (κ3) is 3.06. The molecule has 0 radical (unpaired) electrons. The second-order valence-electron chi connectivity index (χ2n) is 7.88. The monoisotopic (exact) mass is 413 g/mol. The Kier molecular flexibility index (Phi) is 4.43. The van der Waals surface area contributed by atoms with Gasteiger partial charge in [0.05, 0.1) is 0 Å². The number of hydrogen-bond acceptors (Lipinski definition) is 3. The van der Waals surface area contributed by atoms with Gasteiger partial charge in [0.1, 0.15) is 0 Å². The molecule has 0 aromatic heterocycles. The van der Waals surface area contributed by atoms with Gasteiger partial charge in [-0.1, -0.05) is 69.3 Å². The molecule has 1 aliphatic heterocycles. The van der Waals surface area contributed by atoms with Crippen LogP contribution in [0.1, 0.15) is 26.3 Å². The normalized spacial score (nSPS) is 16.3. The Hall–Kier alpha value is -2.12. The molecule has 28 heavy (non-hydrogen) atoms. The van der Waals surface area contributed by atoms with E-state index in [0.717, 1.165) is 25.8 Å². The van der Waals surface area contributed by atoms with E-state index in [9.17, 15) is 8.42 Å². The summed E-state index contributed by atoms with van der Waals surface area (Å²) in [5.41, 5.74) is 3.13. The minimum Gasteiger partial charge on any atom is -0.205 e. The average molecular weight is 414 g/mol. The summed E-state index contributed by atoms with van der Waals surface area (Å²) in [5.74, 6) is 0. The Morgan fingerprint density at radius 3 is 1.68 bits per heavy atom. The molecule has 3 aromatic carbocycles. The Bertz CT molecular complexity index is 1100. The van der Waals surface area contributed by atoms with Gasteiger partial charge in [-0.05, 0) is 56.7 Å². The summed E-state index contributed by atoms with van der Waals surface area (Å²) in [6.07, 6.45) is 0. The van der Waals surface area contributed by atoms with Crippen molar-refractivity contribution in [3.05, 3.63) is 78.4 Å². The van der Waals surface area contributed by atoms with Gasteiger partial charge in [0, 0.05) is 14.7 Å². The molecule has 0 aliphatic carbocycles. The van der Waals surface area contributed by atoms with Crippen molar-refractivity contribution in [2.45, 2.75) is 40.9 Å². The highest BCUT2D eigenvalue weighted by Gasteiger charge is 2.44. The fourth-order valence-electron chi connectivity index (χ4n) is 3.65. The van der Waals surface area contributed by atoms with Crippen molar-refractivity contribution in [3.63, 3.8) is 0 Å². The summed E-state index contributed by atoms with van der Waals surface area (Å²) in [6, 6.07) is 23.6. The maximum Gasteiger partial charge on any atom is 0.343 e. The zero-order valence-electron chi connectivity index (χ0n) is 16.0. The van der Waals surface area contributed by atoms with E-state index in [4.69, 9.17) is 8.77 Å². The Morgan fingerprint density at radius 2 is 1.25 bits per heavy atom. The highest BCUT2D eigenvalue weighted by Crippen LogP contribution is 2.76. The van der Waals surface area contributed by atoms with Gasteiger partial charge < -0.3 is 0 Å². The van der Waals surface area contributed by atoms with Crippen LogP contribution >= 0.6 is 10.3 Å². The van der Waals surface area contributed by atoms with Gasteiger partial charge in [-0.2, -0.15) is 12.0 Å². The lowest BCUT2D eigenvalue weighted by molar-refractivity contribution is 0.510. The molecule has 0 saturated heterocycles. The standard InChI is InChI=1S/C22H23NO3S2/c1-22(2,3)16-12-14-17(15-13-16)27(26-28(23,24)25)20-10-6-4-8-18(20)19-9-5-7-11-21(19)27/h4-15H,1-3H3,(H2,23,24,25). The Morgan fingerprint density at radius 1 is 0.786 bits per heavy atom. The second kappa shape index (κ2) is 6.46. The van der Waals surface area contributed by atoms with E-state index >= 15 is 0 Å². The first-order chi connectivity index (χ1) is 13.1. The molecule has 0 saturated carbocycles. The number of fused-ring (bicyclic) bond motifs is 3. The summed E-state index contributed by atoms with van der Waals surface area (Å²) < 4.78 is 30.2. The van der Waals surface area contributed by atoms with Crippen molar-refractivity contribution < 1.29 is 12.0 Å². The van der Waals surface area contributed by atoms with Crippen LogP contribution in [0.3, 0.4) is 0 Å². The predicted octanol–water partition coefficient (Wildman–Crippen LogP) is 5.38. The summed E-state index contributed by atoms with van der Waals surface area (Å²) in [4.78, 5) is 2.52. The number of nitrogens with two attached hydrogens (primary N) is 1. The quantitative estimate of drug-likeness (QED) is 0.626. The van der Waals surface area contributed by atoms with Crippen LogP contribution in [0.5, 0.6) is 0 Å². The summed E-state index contributed by atoms with van der Waals surface area (Å²) >= 11 is 0. The fraction of sp³-hybridized carbons (Fsp3) is 0.182. The summed E-state index contributed by atoms with van der Waals surface area (Å²) in [5, 5.41) is 5.42. The van der Waals surface area contributed by atoms with Gasteiger partial charge in [-0.15, -0.1) is 0 Å². The predicted molar refractivity (Wildman–Crippen MR) is 114 cm³/mol. The van der Waals surface area contributed by atoms with Crippen LogP contribution in [0.15, 0.2) is 87.5 Å². The SMILES string of the molecule is CC(C)(C)c1ccc(S2(OS(N)(=O)=O)c3ccccc3-c3ccccc32)cc1. The van der Waals surface area contributed by atoms with Gasteiger partial charge in [-0.25, -0.2) is 5.14 Å². The van der Waals surface area contributed by atoms with Crippen LogP contribution in [-0.4, -0.2) is 8.42 Å². The van der Waals surface area contributed by atoms with Crippen molar-refractivity contribution in [3.8, 4) is 11.1 Å². The third-order valence-electron chi connectivity index (χ3n) is 4.93. The molecule has 146 valence electrons. The van der Waals surface area contributed by atoms with E-state index in [2.05, 4.69) is 20.8 Å². The van der Waals surface area contributed by atoms with Crippen LogP contribution < -0.4 is 5.14 Å². The smallest absolute Gasteiger partial charge is 0.205 e. The van der Waals surface area contributed by atoms with Crippen molar-refractivity contribution in [1.82, 2.24) is 0 Å². The van der Waals surface area contributed by atoms with Crippen molar-refractivity contribution in [2.75, 3.05) is 0 Å². The average Bonchev–Trinajstić information content (AvgIpc) is 2.91. The lowest BCUT2D eigenvalue weighted by atomic mass is 9.87. The van der Waals surface area contributed by atoms with E-state index in [0.29, 0.717) is 0 Å². The van der Waals surface area contributed by atoms with Gasteiger partial charge >= 0.3 is 10.3 Å². The maximum atomic E-state index is 12.2. The Balaban J connectivity index is 2.04. The van der Waals surface area contributed by atoms with Crippen molar-refractivity contribution in [2.24, 2.45) is 5.14 Å². The van der Waals surface area contributed by atoms with E-state index in [1.54, 1.807) is 0 Å². The number of rotatable bonds is 3. The summed E-state index contributed by atoms with van der Waals surface area (Å²) in [7, 11) is -6.69. The molecule has 1 heterocycles. The fourth-order valence-corrected chi connectivity index (χ4v) is 8.47. The minimum absolute atomic E-state index is 0.00663. The molecule has 4 rings (SSSR count). The molecular weight excluding hydrogens is 390 g/mol. The van der Waals surface area contributed by atoms with Crippen molar-refractivity contribution in [1.29, 1.82) is 0 Å². The lowest BCUT2D eigenvalue weighted by Crippen LogP contribution is -2.19. The van der Waals surface area contributed by atoms with Gasteiger partial charge in [0.2, 0.25) is 0 Å². The first-order valence-electron chi connectivity index (χ1n) is 8.99. The van der Waals surface area contributed by atoms with Crippen LogP contribution in [0.25, 0.3) is 11.1 Å². The van der Waals surface area contributed by atoms with Crippen LogP contribution in [-0.2, 0) is 19.3 Å². The molecule has 0 spiro atoms. The van der Waals surface area contributed by atoms with E-state index < -0.39 is 20.6 Å². The highest BCUT2D eigenvalue weighted by molar-refractivity contribution is 8.33. The molecule has 0 atom stereocenters. The minimum atomic E-state index is -4.20. The van der Waals surface area contributed by atoms with Gasteiger partial charge in [0.15, 0.2) is 0 Å². The Labute approximate surface area is 168 Å². The first-order valence-corrected chi connectivity index (χ1v) is 12.0. The van der Waals surface area contributed by atoms with Gasteiger partial charge in [0.25, 0.3) is 0 Å². The molecular formula is C22H23NO3S2. The molecule has 6 heteroatoms. The topological polar surface area (TPSA) is 69.4 Å². The van der Waals surface area contributed by atoms with Crippen LogP contribution in [0.4, 0.5) is 0 Å². The molecule has 0 amide bonds. The van der Waals surface area contributed by atoms with E-state index in [-0.39, 0.29) is 5.41 Å². The highest BCUT2D eigenvalue weighted by atomic mass is 32.3. The maximum absolute atomic E-state index is 12.2. The summed E-state index contributed by atoms with van der Waals surface area (Å²) in [6.45, 7) is 6.43. The second-order valence-corrected chi connectivity index (χ2v) is 11.9. The van der Waals surface area contributed by atoms with E-state index in [1.807, 2.05) is 72.8 Å². The third-order valence-corrected chi connectivity index (χ3v) is 9.39. The zero-order valence-corrected chi connectivity index (χ0v) is 17.7. The first kappa shape index (κ1) is 19.2. The molecule has 1 aliphatic rings. The number of hydrogen-bond donors (Lipinski definition) is 1. The zero-order chi connectivity index (χ0) is 20.2. The van der Waals surface area contributed by atoms with Crippen molar-refractivity contribution >= 4 is 20.6 Å². The molecule has 4 nitrogen and oxygen atoms in total. The number of benzene rings is 3.